The minimum atomic E-state index is -4.76. The Hall–Kier alpha value is 0.277. The van der Waals surface area contributed by atoms with Crippen LogP contribution in [0.3, 0.4) is 0 Å². The number of phosphoric acid groups is 2. The lowest BCUT2D eigenvalue weighted by atomic mass is 10.4. The monoisotopic (exact) mass is 456 g/mol. The molecule has 4 N–H and O–H groups in total. The van der Waals surface area contributed by atoms with E-state index in [1.165, 1.54) is 0 Å². The van der Waals surface area contributed by atoms with Gasteiger partial charge in [-0.2, -0.15) is 0 Å². The highest BCUT2D eigenvalue weighted by molar-refractivity contribution is 7.46. The van der Waals surface area contributed by atoms with Gasteiger partial charge in [-0.1, -0.05) is 0 Å². The Morgan fingerprint density at radius 2 is 1.22 bits per heavy atom. The SMILES string of the molecule is CCO[Si](CCCOC(COP(=O)(O)O)COP(=O)(O)O)(OCC)OCC. The van der Waals surface area contributed by atoms with Crippen molar-refractivity contribution in [2.24, 2.45) is 0 Å². The number of hydrogen-bond acceptors (Lipinski definition) is 8. The second-order valence-electron chi connectivity index (χ2n) is 5.15. The minimum absolute atomic E-state index is 0.0850. The number of rotatable bonds is 17. The van der Waals surface area contributed by atoms with Crippen LogP contribution in [-0.2, 0) is 36.2 Å². The molecule has 0 radical (unpaired) electrons. The normalized spacial score (nSPS) is 13.5. The average Bonchev–Trinajstić information content (AvgIpc) is 2.52. The summed E-state index contributed by atoms with van der Waals surface area (Å²) in [6.45, 7) is 5.61. The Bertz CT molecular complexity index is 438. The fourth-order valence-electron chi connectivity index (χ4n) is 2.04. The van der Waals surface area contributed by atoms with Gasteiger partial charge in [0.05, 0.1) is 13.2 Å². The minimum Gasteiger partial charge on any atom is -0.374 e. The van der Waals surface area contributed by atoms with Crippen molar-refractivity contribution in [2.45, 2.75) is 39.3 Å². The maximum absolute atomic E-state index is 10.8. The van der Waals surface area contributed by atoms with Gasteiger partial charge >= 0.3 is 24.4 Å². The molecule has 0 aromatic heterocycles. The van der Waals surface area contributed by atoms with E-state index in [0.717, 1.165) is 0 Å². The molecule has 0 saturated heterocycles. The molecule has 0 aliphatic heterocycles. The first kappa shape index (κ1) is 27.3. The van der Waals surface area contributed by atoms with Crippen molar-refractivity contribution in [1.82, 2.24) is 0 Å². The van der Waals surface area contributed by atoms with E-state index in [2.05, 4.69) is 9.05 Å². The summed E-state index contributed by atoms with van der Waals surface area (Å²) >= 11 is 0. The van der Waals surface area contributed by atoms with E-state index in [1.807, 2.05) is 20.8 Å². The zero-order chi connectivity index (χ0) is 21.0. The summed E-state index contributed by atoms with van der Waals surface area (Å²) in [6.07, 6.45) is -0.665. The Labute approximate surface area is 159 Å². The molecule has 0 amide bonds. The highest BCUT2D eigenvalue weighted by Crippen LogP contribution is 2.38. The summed E-state index contributed by atoms with van der Waals surface area (Å²) in [5.74, 6) is 0. The molecule has 0 bridgehead atoms. The summed E-state index contributed by atoms with van der Waals surface area (Å²) in [4.78, 5) is 35.0. The molecule has 0 heterocycles. The van der Waals surface area contributed by atoms with Gasteiger partial charge < -0.3 is 37.6 Å². The Balaban J connectivity index is 4.64. The van der Waals surface area contributed by atoms with Gasteiger partial charge in [0.2, 0.25) is 0 Å². The van der Waals surface area contributed by atoms with Gasteiger partial charge in [-0.3, -0.25) is 9.05 Å². The van der Waals surface area contributed by atoms with Crippen LogP contribution in [0.5, 0.6) is 0 Å². The van der Waals surface area contributed by atoms with Gasteiger partial charge in [0, 0.05) is 32.5 Å². The molecule has 0 fully saturated rings. The zero-order valence-corrected chi connectivity index (χ0v) is 18.5. The summed E-state index contributed by atoms with van der Waals surface area (Å²) < 4.78 is 52.6. The highest BCUT2D eigenvalue weighted by Gasteiger charge is 2.39. The van der Waals surface area contributed by atoms with E-state index < -0.39 is 43.8 Å². The van der Waals surface area contributed by atoms with Gasteiger partial charge in [-0.15, -0.1) is 0 Å². The summed E-state index contributed by atoms with van der Waals surface area (Å²) in [7, 11) is -12.4. The van der Waals surface area contributed by atoms with Gasteiger partial charge in [0.25, 0.3) is 0 Å². The molecule has 164 valence electrons. The Morgan fingerprint density at radius 3 is 1.56 bits per heavy atom. The molecule has 0 aliphatic carbocycles. The molecule has 15 heteroatoms. The number of hydrogen-bond donors (Lipinski definition) is 4. The van der Waals surface area contributed by atoms with Crippen LogP contribution in [0.15, 0.2) is 0 Å². The van der Waals surface area contributed by atoms with Crippen LogP contribution in [0.25, 0.3) is 0 Å². The van der Waals surface area contributed by atoms with Crippen molar-refractivity contribution in [3.63, 3.8) is 0 Å². The Kier molecular flexibility index (Phi) is 13.6. The largest absolute Gasteiger partial charge is 0.501 e. The van der Waals surface area contributed by atoms with Crippen LogP contribution in [0.4, 0.5) is 0 Å². The van der Waals surface area contributed by atoms with Crippen molar-refractivity contribution in [3.8, 4) is 0 Å². The standard InChI is InChI=1S/C12H30O12P2Si/c1-4-22-27(23-5-2,24-6-3)9-7-8-19-12(10-20-25(13,14)15)11-21-26(16,17)18/h12H,4-11H2,1-3H3,(H2,13,14,15)(H2,16,17,18). The van der Waals surface area contributed by atoms with Crippen molar-refractivity contribution < 1.29 is 55.8 Å². The number of phosphoric ester groups is 2. The van der Waals surface area contributed by atoms with E-state index in [4.69, 9.17) is 37.6 Å². The zero-order valence-electron chi connectivity index (χ0n) is 15.7. The molecule has 12 nitrogen and oxygen atoms in total. The predicted octanol–water partition coefficient (Wildman–Crippen LogP) is 1.03. The molecule has 27 heavy (non-hydrogen) atoms. The third-order valence-corrected chi connectivity index (χ3v) is 7.05. The van der Waals surface area contributed by atoms with E-state index in [9.17, 15) is 9.13 Å². The molecule has 0 aromatic rings. The maximum Gasteiger partial charge on any atom is 0.501 e. The third kappa shape index (κ3) is 14.9. The average molecular weight is 456 g/mol. The summed E-state index contributed by atoms with van der Waals surface area (Å²) in [6, 6.07) is 0.438. The molecular weight excluding hydrogens is 426 g/mol. The topological polar surface area (TPSA) is 170 Å². The van der Waals surface area contributed by atoms with E-state index >= 15 is 0 Å². The first-order chi connectivity index (χ1) is 12.5. The molecule has 0 aliphatic rings. The van der Waals surface area contributed by atoms with Crippen LogP contribution in [0.2, 0.25) is 6.04 Å². The summed E-state index contributed by atoms with van der Waals surface area (Å²) in [5, 5.41) is 0. The maximum atomic E-state index is 10.8. The van der Waals surface area contributed by atoms with Gasteiger partial charge in [0.1, 0.15) is 6.10 Å². The van der Waals surface area contributed by atoms with Crippen LogP contribution in [0.1, 0.15) is 27.2 Å². The lowest BCUT2D eigenvalue weighted by Gasteiger charge is -2.28. The van der Waals surface area contributed by atoms with Gasteiger partial charge in [-0.25, -0.2) is 9.13 Å². The van der Waals surface area contributed by atoms with Crippen molar-refractivity contribution in [1.29, 1.82) is 0 Å². The quantitative estimate of drug-likeness (QED) is 0.139. The fourth-order valence-corrected chi connectivity index (χ4v) is 5.35. The van der Waals surface area contributed by atoms with Crippen LogP contribution < -0.4 is 0 Å². The first-order valence-corrected chi connectivity index (χ1v) is 13.4. The lowest BCUT2D eigenvalue weighted by molar-refractivity contribution is -0.0201. The molecular formula is C12H30O12P2Si. The highest BCUT2D eigenvalue weighted by atomic mass is 31.2. The van der Waals surface area contributed by atoms with Crippen molar-refractivity contribution >= 4 is 24.4 Å². The first-order valence-electron chi connectivity index (χ1n) is 8.40. The smallest absolute Gasteiger partial charge is 0.374 e. The van der Waals surface area contributed by atoms with Crippen LogP contribution in [-0.4, -0.2) is 74.1 Å². The fraction of sp³-hybridized carbons (Fsp3) is 1.00. The summed E-state index contributed by atoms with van der Waals surface area (Å²) in [5.41, 5.74) is 0. The lowest BCUT2D eigenvalue weighted by Crippen LogP contribution is -2.46. The van der Waals surface area contributed by atoms with E-state index in [0.29, 0.717) is 32.3 Å². The second-order valence-corrected chi connectivity index (χ2v) is 10.4. The number of ether oxygens (including phenoxy) is 1. The van der Waals surface area contributed by atoms with Gasteiger partial charge in [-0.05, 0) is 27.2 Å². The van der Waals surface area contributed by atoms with Gasteiger partial charge in [0.15, 0.2) is 0 Å². The molecule has 0 saturated carbocycles. The third-order valence-electron chi connectivity index (χ3n) is 2.93. The molecule has 0 aromatic carbocycles. The van der Waals surface area contributed by atoms with E-state index in [-0.39, 0.29) is 6.61 Å². The predicted molar refractivity (Wildman–Crippen MR) is 95.8 cm³/mol. The molecule has 0 spiro atoms. The molecule has 0 atom stereocenters. The van der Waals surface area contributed by atoms with Crippen LogP contribution in [0, 0.1) is 0 Å². The van der Waals surface area contributed by atoms with E-state index in [1.54, 1.807) is 0 Å². The second kappa shape index (κ2) is 13.5. The van der Waals surface area contributed by atoms with Crippen molar-refractivity contribution in [2.75, 3.05) is 39.6 Å². The van der Waals surface area contributed by atoms with Crippen molar-refractivity contribution in [3.05, 3.63) is 0 Å². The molecule has 0 rings (SSSR count). The van der Waals surface area contributed by atoms with Crippen LogP contribution >= 0.6 is 15.6 Å². The molecule has 0 unspecified atom stereocenters. The Morgan fingerprint density at radius 1 is 0.815 bits per heavy atom.